The normalized spacial score (nSPS) is 17.5. The van der Waals surface area contributed by atoms with Crippen LogP contribution in [0.5, 0.6) is 0 Å². The van der Waals surface area contributed by atoms with Crippen molar-refractivity contribution in [2.45, 2.75) is 89.9 Å². The first-order chi connectivity index (χ1) is 17.7. The van der Waals surface area contributed by atoms with E-state index in [-0.39, 0.29) is 5.82 Å². The molecule has 0 bridgehead atoms. The van der Waals surface area contributed by atoms with Crippen LogP contribution in [-0.2, 0) is 6.42 Å². The van der Waals surface area contributed by atoms with Crippen LogP contribution in [0.2, 0.25) is 0 Å². The predicted molar refractivity (Wildman–Crippen MR) is 153 cm³/mol. The monoisotopic (exact) mass is 480 g/mol. The van der Waals surface area contributed by atoms with Crippen LogP contribution >= 0.6 is 0 Å². The fourth-order valence-corrected chi connectivity index (χ4v) is 5.67. The van der Waals surface area contributed by atoms with Gasteiger partial charge in [0.2, 0.25) is 0 Å². The molecule has 0 spiro atoms. The summed E-state index contributed by atoms with van der Waals surface area (Å²) in [5.41, 5.74) is 4.16. The maximum absolute atomic E-state index is 14.8. The molecule has 1 fully saturated rings. The number of allylic oxidation sites excluding steroid dienone is 1. The maximum Gasteiger partial charge on any atom is 0.134 e. The van der Waals surface area contributed by atoms with E-state index >= 15 is 0 Å². The molecule has 1 heteroatoms. The Hall–Kier alpha value is -2.85. The zero-order valence-electron chi connectivity index (χ0n) is 22.0. The van der Waals surface area contributed by atoms with Gasteiger partial charge in [0, 0.05) is 16.5 Å². The van der Waals surface area contributed by atoms with E-state index in [0.717, 1.165) is 34.4 Å². The minimum atomic E-state index is -0.120. The molecule has 1 aliphatic carbocycles. The van der Waals surface area contributed by atoms with Gasteiger partial charge in [-0.3, -0.25) is 0 Å². The van der Waals surface area contributed by atoms with Crippen molar-refractivity contribution in [3.8, 4) is 11.8 Å². The number of unbranched alkanes of at least 4 members (excludes halogenated alkanes) is 4. The van der Waals surface area contributed by atoms with E-state index in [4.69, 9.17) is 0 Å². The van der Waals surface area contributed by atoms with Crippen molar-refractivity contribution in [3.05, 3.63) is 95.3 Å². The molecule has 3 aromatic rings. The molecule has 0 aromatic heterocycles. The Morgan fingerprint density at radius 2 is 1.58 bits per heavy atom. The van der Waals surface area contributed by atoms with Crippen LogP contribution < -0.4 is 0 Å². The molecule has 0 radical (unpaired) electrons. The molecule has 0 N–H and O–H groups in total. The molecule has 0 heterocycles. The van der Waals surface area contributed by atoms with E-state index in [2.05, 4.69) is 49.6 Å². The van der Waals surface area contributed by atoms with Gasteiger partial charge in [0.25, 0.3) is 0 Å². The first-order valence-corrected chi connectivity index (χ1v) is 14.1. The minimum Gasteiger partial charge on any atom is -0.206 e. The Kier molecular flexibility index (Phi) is 9.80. The lowest BCUT2D eigenvalue weighted by atomic mass is 9.77. The summed E-state index contributed by atoms with van der Waals surface area (Å²) in [6, 6.07) is 18.5. The maximum atomic E-state index is 14.8. The molecule has 4 rings (SSSR count). The molecule has 0 aliphatic heterocycles. The number of fused-ring (bicyclic) bond motifs is 1. The second kappa shape index (κ2) is 13.5. The summed E-state index contributed by atoms with van der Waals surface area (Å²) in [4.78, 5) is 0. The lowest BCUT2D eigenvalue weighted by Gasteiger charge is -2.29. The predicted octanol–water partition coefficient (Wildman–Crippen LogP) is 10.1. The standard InChI is InChI=1S/C35H41F/c1-3-5-7-8-9-10-27-14-19-30(20-15-27)31-21-16-28(17-22-31)12-13-29-18-25-34-33(26-29)24-23-32(35(34)36)11-6-4-2/h4,16-18,21-27,30H,2-3,5-11,14-15,19-20H2,1H3. The van der Waals surface area contributed by atoms with Gasteiger partial charge in [-0.25, -0.2) is 4.39 Å². The zero-order chi connectivity index (χ0) is 25.2. The van der Waals surface area contributed by atoms with Crippen molar-refractivity contribution < 1.29 is 4.39 Å². The van der Waals surface area contributed by atoms with Crippen molar-refractivity contribution in [2.24, 2.45) is 5.92 Å². The molecular weight excluding hydrogens is 439 g/mol. The average molecular weight is 481 g/mol. The van der Waals surface area contributed by atoms with E-state index in [1.165, 1.54) is 69.8 Å². The number of rotatable bonds is 10. The Morgan fingerprint density at radius 1 is 0.861 bits per heavy atom. The van der Waals surface area contributed by atoms with Gasteiger partial charge in [0.15, 0.2) is 0 Å². The first kappa shape index (κ1) is 26.2. The first-order valence-electron chi connectivity index (χ1n) is 14.1. The Morgan fingerprint density at radius 3 is 2.33 bits per heavy atom. The molecule has 1 aliphatic rings. The van der Waals surface area contributed by atoms with Crippen LogP contribution in [0.3, 0.4) is 0 Å². The Balaban J connectivity index is 1.32. The zero-order valence-corrected chi connectivity index (χ0v) is 22.0. The molecule has 3 aromatic carbocycles. The van der Waals surface area contributed by atoms with Gasteiger partial charge in [-0.1, -0.05) is 93.7 Å². The van der Waals surface area contributed by atoms with Gasteiger partial charge in [-0.05, 0) is 91.1 Å². The quantitative estimate of drug-likeness (QED) is 0.154. The van der Waals surface area contributed by atoms with Gasteiger partial charge in [-0.2, -0.15) is 0 Å². The molecule has 0 atom stereocenters. The number of aryl methyl sites for hydroxylation is 1. The van der Waals surface area contributed by atoms with Crippen molar-refractivity contribution in [1.29, 1.82) is 0 Å². The van der Waals surface area contributed by atoms with Crippen LogP contribution in [0.4, 0.5) is 4.39 Å². The van der Waals surface area contributed by atoms with Crippen LogP contribution in [-0.4, -0.2) is 0 Å². The van der Waals surface area contributed by atoms with Crippen LogP contribution in [0.25, 0.3) is 10.8 Å². The van der Waals surface area contributed by atoms with Gasteiger partial charge in [0.05, 0.1) is 0 Å². The van der Waals surface area contributed by atoms with Crippen molar-refractivity contribution in [3.63, 3.8) is 0 Å². The highest BCUT2D eigenvalue weighted by molar-refractivity contribution is 5.85. The highest BCUT2D eigenvalue weighted by Gasteiger charge is 2.22. The second-order valence-electron chi connectivity index (χ2n) is 10.6. The number of hydrogen-bond donors (Lipinski definition) is 0. The average Bonchev–Trinajstić information content (AvgIpc) is 2.92. The topological polar surface area (TPSA) is 0 Å². The van der Waals surface area contributed by atoms with Crippen LogP contribution in [0.15, 0.2) is 67.3 Å². The molecule has 188 valence electrons. The van der Waals surface area contributed by atoms with E-state index in [0.29, 0.717) is 17.7 Å². The number of halogens is 1. The second-order valence-corrected chi connectivity index (χ2v) is 10.6. The van der Waals surface area contributed by atoms with Gasteiger partial charge < -0.3 is 0 Å². The smallest absolute Gasteiger partial charge is 0.134 e. The van der Waals surface area contributed by atoms with Crippen molar-refractivity contribution in [1.82, 2.24) is 0 Å². The fourth-order valence-electron chi connectivity index (χ4n) is 5.67. The summed E-state index contributed by atoms with van der Waals surface area (Å²) in [5.74, 6) is 8.10. The third-order valence-corrected chi connectivity index (χ3v) is 7.95. The largest absolute Gasteiger partial charge is 0.206 e. The van der Waals surface area contributed by atoms with Gasteiger partial charge >= 0.3 is 0 Å². The lowest BCUT2D eigenvalue weighted by Crippen LogP contribution is -2.13. The highest BCUT2D eigenvalue weighted by atomic mass is 19.1. The van der Waals surface area contributed by atoms with Crippen molar-refractivity contribution in [2.75, 3.05) is 0 Å². The third-order valence-electron chi connectivity index (χ3n) is 7.95. The summed E-state index contributed by atoms with van der Waals surface area (Å²) in [6.45, 7) is 6.02. The molecular formula is C35H41F. The van der Waals surface area contributed by atoms with Crippen LogP contribution in [0.1, 0.15) is 106 Å². The van der Waals surface area contributed by atoms with E-state index in [1.807, 2.05) is 36.4 Å². The summed E-state index contributed by atoms with van der Waals surface area (Å²) in [5, 5.41) is 1.56. The summed E-state index contributed by atoms with van der Waals surface area (Å²) in [7, 11) is 0. The van der Waals surface area contributed by atoms with E-state index in [9.17, 15) is 4.39 Å². The van der Waals surface area contributed by atoms with Gasteiger partial charge in [0.1, 0.15) is 5.82 Å². The van der Waals surface area contributed by atoms with Crippen molar-refractivity contribution >= 4 is 10.8 Å². The Labute approximate surface area is 218 Å². The van der Waals surface area contributed by atoms with Gasteiger partial charge in [-0.15, -0.1) is 6.58 Å². The number of benzene rings is 3. The molecule has 0 unspecified atom stereocenters. The number of hydrogen-bond acceptors (Lipinski definition) is 0. The highest BCUT2D eigenvalue weighted by Crippen LogP contribution is 2.37. The molecule has 0 saturated heterocycles. The molecule has 0 amide bonds. The SMILES string of the molecule is C=CCCc1ccc2cc(C#Cc3ccc(C4CCC(CCCCCCC)CC4)cc3)ccc2c1F. The summed E-state index contributed by atoms with van der Waals surface area (Å²) >= 11 is 0. The molecule has 0 nitrogen and oxygen atoms in total. The Bertz CT molecular complexity index is 1180. The minimum absolute atomic E-state index is 0.120. The van der Waals surface area contributed by atoms with E-state index in [1.54, 1.807) is 0 Å². The summed E-state index contributed by atoms with van der Waals surface area (Å²) < 4.78 is 14.8. The molecule has 36 heavy (non-hydrogen) atoms. The summed E-state index contributed by atoms with van der Waals surface area (Å²) in [6.07, 6.45) is 17.1. The fraction of sp³-hybridized carbons (Fsp3) is 0.429. The van der Waals surface area contributed by atoms with Crippen LogP contribution in [0, 0.1) is 23.6 Å². The van der Waals surface area contributed by atoms with E-state index < -0.39 is 0 Å². The lowest BCUT2D eigenvalue weighted by molar-refractivity contribution is 0.302. The molecule has 1 saturated carbocycles. The third kappa shape index (κ3) is 7.10.